The van der Waals surface area contributed by atoms with E-state index in [-0.39, 0.29) is 6.54 Å². The van der Waals surface area contributed by atoms with Gasteiger partial charge in [0.1, 0.15) is 0 Å². The Kier molecular flexibility index (Phi) is 4.23. The number of aryl methyl sites for hydroxylation is 1. The molecule has 6 nitrogen and oxygen atoms in total. The summed E-state index contributed by atoms with van der Waals surface area (Å²) in [5.41, 5.74) is 0. The van der Waals surface area contributed by atoms with Crippen molar-refractivity contribution in [2.45, 2.75) is 26.8 Å². The molecule has 0 aromatic carbocycles. The summed E-state index contributed by atoms with van der Waals surface area (Å²) < 4.78 is 4.93. The number of nitrogens with zero attached hydrogens (tertiary/aromatic N) is 3. The number of hydrogen-bond donors (Lipinski definition) is 1. The first-order valence-electron chi connectivity index (χ1n) is 4.85. The standard InChI is InChI=1S/C9H15N3O3/c1-3-4-12(6-9(13)14)5-8-10-7(2)11-15-8/h3-6H2,1-2H3,(H,13,14). The maximum atomic E-state index is 10.6. The van der Waals surface area contributed by atoms with Crippen LogP contribution in [0.5, 0.6) is 0 Å². The van der Waals surface area contributed by atoms with E-state index in [9.17, 15) is 4.79 Å². The number of carboxylic acids is 1. The maximum absolute atomic E-state index is 10.6. The second-order valence-corrected chi connectivity index (χ2v) is 3.34. The highest BCUT2D eigenvalue weighted by Crippen LogP contribution is 2.02. The molecule has 1 rings (SSSR count). The van der Waals surface area contributed by atoms with Crippen molar-refractivity contribution in [2.24, 2.45) is 0 Å². The van der Waals surface area contributed by atoms with E-state index in [1.165, 1.54) is 0 Å². The number of hydrogen-bond acceptors (Lipinski definition) is 5. The fourth-order valence-electron chi connectivity index (χ4n) is 1.32. The molecule has 15 heavy (non-hydrogen) atoms. The Labute approximate surface area is 87.9 Å². The molecular weight excluding hydrogens is 198 g/mol. The minimum Gasteiger partial charge on any atom is -0.480 e. The summed E-state index contributed by atoms with van der Waals surface area (Å²) in [6.45, 7) is 4.81. The smallest absolute Gasteiger partial charge is 0.317 e. The molecule has 0 spiro atoms. The number of rotatable bonds is 6. The Morgan fingerprint density at radius 3 is 2.80 bits per heavy atom. The maximum Gasteiger partial charge on any atom is 0.317 e. The Hall–Kier alpha value is -1.43. The fourth-order valence-corrected chi connectivity index (χ4v) is 1.32. The van der Waals surface area contributed by atoms with E-state index in [0.717, 1.165) is 6.42 Å². The third-order valence-corrected chi connectivity index (χ3v) is 1.83. The predicted molar refractivity (Wildman–Crippen MR) is 52.2 cm³/mol. The molecule has 0 aliphatic carbocycles. The number of aliphatic carboxylic acids is 1. The molecular formula is C9H15N3O3. The summed E-state index contributed by atoms with van der Waals surface area (Å²) >= 11 is 0. The molecule has 1 aromatic heterocycles. The van der Waals surface area contributed by atoms with E-state index in [2.05, 4.69) is 10.1 Å². The highest BCUT2D eigenvalue weighted by molar-refractivity contribution is 5.69. The van der Waals surface area contributed by atoms with Crippen molar-refractivity contribution >= 4 is 5.97 Å². The first-order valence-corrected chi connectivity index (χ1v) is 4.85. The topological polar surface area (TPSA) is 79.5 Å². The summed E-state index contributed by atoms with van der Waals surface area (Å²) in [6, 6.07) is 0. The molecule has 84 valence electrons. The van der Waals surface area contributed by atoms with E-state index in [4.69, 9.17) is 9.63 Å². The van der Waals surface area contributed by atoms with Crippen molar-refractivity contribution in [1.29, 1.82) is 0 Å². The predicted octanol–water partition coefficient (Wildman–Crippen LogP) is 0.675. The zero-order valence-electron chi connectivity index (χ0n) is 8.93. The third-order valence-electron chi connectivity index (χ3n) is 1.83. The van der Waals surface area contributed by atoms with E-state index in [1.54, 1.807) is 11.8 Å². The first kappa shape index (κ1) is 11.6. The van der Waals surface area contributed by atoms with Gasteiger partial charge in [0.15, 0.2) is 5.82 Å². The molecule has 0 amide bonds. The van der Waals surface area contributed by atoms with Crippen LogP contribution in [0.3, 0.4) is 0 Å². The van der Waals surface area contributed by atoms with Gasteiger partial charge < -0.3 is 9.63 Å². The van der Waals surface area contributed by atoms with Crippen molar-refractivity contribution in [2.75, 3.05) is 13.1 Å². The number of carboxylic acid groups (broad SMARTS) is 1. The van der Waals surface area contributed by atoms with Crippen LogP contribution in [0, 0.1) is 6.92 Å². The van der Waals surface area contributed by atoms with Gasteiger partial charge in [-0.3, -0.25) is 9.69 Å². The SMILES string of the molecule is CCCN(CC(=O)O)Cc1nc(C)no1. The van der Waals surface area contributed by atoms with E-state index in [0.29, 0.717) is 24.8 Å². The molecule has 0 fully saturated rings. The Morgan fingerprint density at radius 2 is 2.33 bits per heavy atom. The average Bonchev–Trinajstić information content (AvgIpc) is 2.50. The minimum atomic E-state index is -0.848. The summed E-state index contributed by atoms with van der Waals surface area (Å²) in [4.78, 5) is 16.4. The van der Waals surface area contributed by atoms with Crippen molar-refractivity contribution in [3.8, 4) is 0 Å². The number of aromatic nitrogens is 2. The van der Waals surface area contributed by atoms with Gasteiger partial charge in [-0.1, -0.05) is 12.1 Å². The molecule has 0 aliphatic rings. The lowest BCUT2D eigenvalue weighted by Gasteiger charge is -2.16. The van der Waals surface area contributed by atoms with Crippen molar-refractivity contribution in [1.82, 2.24) is 15.0 Å². The van der Waals surface area contributed by atoms with Crippen LogP contribution >= 0.6 is 0 Å². The summed E-state index contributed by atoms with van der Waals surface area (Å²) in [6.07, 6.45) is 0.889. The van der Waals surface area contributed by atoms with Gasteiger partial charge in [0.05, 0.1) is 13.1 Å². The second-order valence-electron chi connectivity index (χ2n) is 3.34. The molecule has 0 aliphatic heterocycles. The molecule has 0 atom stereocenters. The van der Waals surface area contributed by atoms with Gasteiger partial charge in [0.2, 0.25) is 5.89 Å². The normalized spacial score (nSPS) is 10.9. The van der Waals surface area contributed by atoms with Gasteiger partial charge in [0, 0.05) is 0 Å². The van der Waals surface area contributed by atoms with E-state index in [1.807, 2.05) is 6.92 Å². The molecule has 0 bridgehead atoms. The molecule has 1 aromatic rings. The minimum absolute atomic E-state index is 0.00469. The second kappa shape index (κ2) is 5.45. The lowest BCUT2D eigenvalue weighted by molar-refractivity contribution is -0.138. The molecule has 0 saturated carbocycles. The highest BCUT2D eigenvalue weighted by atomic mass is 16.5. The fraction of sp³-hybridized carbons (Fsp3) is 0.667. The van der Waals surface area contributed by atoms with Crippen LogP contribution in [0.15, 0.2) is 4.52 Å². The first-order chi connectivity index (χ1) is 7.11. The quantitative estimate of drug-likeness (QED) is 0.748. The van der Waals surface area contributed by atoms with Crippen LogP contribution < -0.4 is 0 Å². The van der Waals surface area contributed by atoms with Crippen LogP contribution in [0.4, 0.5) is 0 Å². The molecule has 6 heteroatoms. The molecule has 0 saturated heterocycles. The molecule has 0 radical (unpaired) electrons. The van der Waals surface area contributed by atoms with E-state index >= 15 is 0 Å². The molecule has 1 N–H and O–H groups in total. The lowest BCUT2D eigenvalue weighted by atomic mass is 10.4. The van der Waals surface area contributed by atoms with Crippen LogP contribution in [0.25, 0.3) is 0 Å². The Balaban J connectivity index is 2.53. The van der Waals surface area contributed by atoms with Crippen molar-refractivity contribution in [3.63, 3.8) is 0 Å². The van der Waals surface area contributed by atoms with E-state index < -0.39 is 5.97 Å². The van der Waals surface area contributed by atoms with Crippen LogP contribution in [-0.2, 0) is 11.3 Å². The monoisotopic (exact) mass is 213 g/mol. The Morgan fingerprint density at radius 1 is 1.60 bits per heavy atom. The largest absolute Gasteiger partial charge is 0.480 e. The summed E-state index contributed by atoms with van der Waals surface area (Å²) in [5, 5.41) is 12.3. The summed E-state index contributed by atoms with van der Waals surface area (Å²) in [5.74, 6) is 0.179. The van der Waals surface area contributed by atoms with Crippen molar-refractivity contribution < 1.29 is 14.4 Å². The average molecular weight is 213 g/mol. The third kappa shape index (κ3) is 4.07. The van der Waals surface area contributed by atoms with Crippen LogP contribution in [0.1, 0.15) is 25.1 Å². The molecule has 0 unspecified atom stereocenters. The van der Waals surface area contributed by atoms with Gasteiger partial charge in [-0.2, -0.15) is 4.98 Å². The van der Waals surface area contributed by atoms with Gasteiger partial charge >= 0.3 is 5.97 Å². The zero-order valence-corrected chi connectivity index (χ0v) is 8.93. The van der Waals surface area contributed by atoms with Gasteiger partial charge in [0.25, 0.3) is 0 Å². The van der Waals surface area contributed by atoms with Gasteiger partial charge in [-0.25, -0.2) is 0 Å². The number of carbonyl (C=O) groups is 1. The van der Waals surface area contributed by atoms with Crippen molar-refractivity contribution in [3.05, 3.63) is 11.7 Å². The van der Waals surface area contributed by atoms with Gasteiger partial charge in [-0.15, -0.1) is 0 Å². The molecule has 1 heterocycles. The highest BCUT2D eigenvalue weighted by Gasteiger charge is 2.12. The van der Waals surface area contributed by atoms with Gasteiger partial charge in [-0.05, 0) is 19.9 Å². The zero-order chi connectivity index (χ0) is 11.3. The Bertz CT molecular complexity index is 324. The van der Waals surface area contributed by atoms with Crippen LogP contribution in [0.2, 0.25) is 0 Å². The lowest BCUT2D eigenvalue weighted by Crippen LogP contribution is -2.30. The summed E-state index contributed by atoms with van der Waals surface area (Å²) in [7, 11) is 0. The van der Waals surface area contributed by atoms with Crippen LogP contribution in [-0.4, -0.2) is 39.2 Å².